The van der Waals surface area contributed by atoms with E-state index in [4.69, 9.17) is 4.74 Å². The van der Waals surface area contributed by atoms with Crippen LogP contribution in [-0.2, 0) is 0 Å². The first-order valence-corrected chi connectivity index (χ1v) is 7.79. The highest BCUT2D eigenvalue weighted by Gasteiger charge is 2.37. The zero-order chi connectivity index (χ0) is 14.8. The number of amides is 1. The van der Waals surface area contributed by atoms with Crippen molar-refractivity contribution in [3.05, 3.63) is 23.9 Å². The molecule has 1 amide bonds. The van der Waals surface area contributed by atoms with Crippen molar-refractivity contribution in [2.24, 2.45) is 0 Å². The smallest absolute Gasteiger partial charge is 0.259 e. The SMILES string of the molecule is CCN(C(=O)c1cccnc1OC)C1CC2CCC(C1)N2. The first-order chi connectivity index (χ1) is 10.2. The van der Waals surface area contributed by atoms with Gasteiger partial charge in [-0.2, -0.15) is 0 Å². The van der Waals surface area contributed by atoms with Crippen LogP contribution in [0.15, 0.2) is 18.3 Å². The molecular weight excluding hydrogens is 266 g/mol. The lowest BCUT2D eigenvalue weighted by atomic mass is 9.97. The Morgan fingerprint density at radius 1 is 1.43 bits per heavy atom. The van der Waals surface area contributed by atoms with Gasteiger partial charge in [0.15, 0.2) is 0 Å². The molecule has 0 spiro atoms. The van der Waals surface area contributed by atoms with Crippen LogP contribution >= 0.6 is 0 Å². The van der Waals surface area contributed by atoms with Gasteiger partial charge in [0.25, 0.3) is 5.91 Å². The average molecular weight is 289 g/mol. The number of hydrogen-bond acceptors (Lipinski definition) is 4. The van der Waals surface area contributed by atoms with Crippen molar-refractivity contribution in [1.29, 1.82) is 0 Å². The molecular formula is C16H23N3O2. The molecule has 2 atom stereocenters. The van der Waals surface area contributed by atoms with Crippen molar-refractivity contribution in [2.75, 3.05) is 13.7 Å². The summed E-state index contributed by atoms with van der Waals surface area (Å²) in [6.45, 7) is 2.77. The second kappa shape index (κ2) is 6.02. The van der Waals surface area contributed by atoms with Crippen LogP contribution in [0.4, 0.5) is 0 Å². The van der Waals surface area contributed by atoms with Crippen LogP contribution in [0.2, 0.25) is 0 Å². The zero-order valence-corrected chi connectivity index (χ0v) is 12.7. The Bertz CT molecular complexity index is 508. The molecule has 1 N–H and O–H groups in total. The van der Waals surface area contributed by atoms with Crippen LogP contribution < -0.4 is 10.1 Å². The summed E-state index contributed by atoms with van der Waals surface area (Å²) < 4.78 is 5.23. The molecule has 0 aliphatic carbocycles. The van der Waals surface area contributed by atoms with E-state index in [9.17, 15) is 4.79 Å². The van der Waals surface area contributed by atoms with Gasteiger partial charge in [-0.05, 0) is 44.7 Å². The van der Waals surface area contributed by atoms with Crippen LogP contribution in [0.1, 0.15) is 43.0 Å². The summed E-state index contributed by atoms with van der Waals surface area (Å²) in [7, 11) is 1.56. The number of carbonyl (C=O) groups is 1. The fourth-order valence-electron chi connectivity index (χ4n) is 3.72. The summed E-state index contributed by atoms with van der Waals surface area (Å²) in [5, 5.41) is 3.63. The topological polar surface area (TPSA) is 54.5 Å². The lowest BCUT2D eigenvalue weighted by Crippen LogP contribution is -2.50. The van der Waals surface area contributed by atoms with E-state index < -0.39 is 0 Å². The molecule has 2 saturated heterocycles. The van der Waals surface area contributed by atoms with Crippen molar-refractivity contribution >= 4 is 5.91 Å². The number of carbonyl (C=O) groups excluding carboxylic acids is 1. The predicted molar refractivity (Wildman–Crippen MR) is 80.5 cm³/mol. The van der Waals surface area contributed by atoms with E-state index in [1.54, 1.807) is 25.4 Å². The maximum absolute atomic E-state index is 12.9. The second-order valence-electron chi connectivity index (χ2n) is 5.91. The van der Waals surface area contributed by atoms with E-state index >= 15 is 0 Å². The highest BCUT2D eigenvalue weighted by molar-refractivity contribution is 5.96. The number of fused-ring (bicyclic) bond motifs is 2. The minimum absolute atomic E-state index is 0.0359. The first-order valence-electron chi connectivity index (χ1n) is 7.79. The number of aromatic nitrogens is 1. The summed E-state index contributed by atoms with van der Waals surface area (Å²) in [4.78, 5) is 19.0. The minimum atomic E-state index is 0.0359. The van der Waals surface area contributed by atoms with Gasteiger partial charge in [-0.3, -0.25) is 4.79 Å². The average Bonchev–Trinajstić information content (AvgIpc) is 2.86. The third kappa shape index (κ3) is 2.75. The van der Waals surface area contributed by atoms with E-state index in [-0.39, 0.29) is 5.91 Å². The molecule has 3 rings (SSSR count). The van der Waals surface area contributed by atoms with Crippen LogP contribution in [0.25, 0.3) is 0 Å². The summed E-state index contributed by atoms with van der Waals surface area (Å²) in [5.74, 6) is 0.451. The largest absolute Gasteiger partial charge is 0.480 e. The van der Waals surface area contributed by atoms with Gasteiger partial charge in [-0.15, -0.1) is 0 Å². The minimum Gasteiger partial charge on any atom is -0.480 e. The predicted octanol–water partition coefficient (Wildman–Crippen LogP) is 1.84. The molecule has 2 fully saturated rings. The second-order valence-corrected chi connectivity index (χ2v) is 5.91. The number of rotatable bonds is 4. The van der Waals surface area contributed by atoms with Crippen molar-refractivity contribution in [1.82, 2.24) is 15.2 Å². The number of nitrogens with zero attached hydrogens (tertiary/aromatic N) is 2. The Balaban J connectivity index is 1.81. The van der Waals surface area contributed by atoms with E-state index in [2.05, 4.69) is 10.3 Å². The maximum atomic E-state index is 12.9. The molecule has 1 aromatic heterocycles. The van der Waals surface area contributed by atoms with Crippen molar-refractivity contribution in [2.45, 2.75) is 50.7 Å². The van der Waals surface area contributed by atoms with E-state index in [0.717, 1.165) is 19.4 Å². The Labute approximate surface area is 125 Å². The normalized spacial score (nSPS) is 27.4. The standard InChI is InChI=1S/C16H23N3O2/c1-3-19(13-9-11-6-7-12(10-13)18-11)16(20)14-5-4-8-17-15(14)21-2/h4-5,8,11-13,18H,3,6-7,9-10H2,1-2H3. The fraction of sp³-hybridized carbons (Fsp3) is 0.625. The number of nitrogens with one attached hydrogen (secondary N) is 1. The number of hydrogen-bond donors (Lipinski definition) is 1. The third-order valence-electron chi connectivity index (χ3n) is 4.69. The maximum Gasteiger partial charge on any atom is 0.259 e. The quantitative estimate of drug-likeness (QED) is 0.919. The summed E-state index contributed by atoms with van der Waals surface area (Å²) in [6, 6.07) is 5.06. The lowest BCUT2D eigenvalue weighted by Gasteiger charge is -2.37. The summed E-state index contributed by atoms with van der Waals surface area (Å²) >= 11 is 0. The Morgan fingerprint density at radius 3 is 2.76 bits per heavy atom. The molecule has 0 saturated carbocycles. The van der Waals surface area contributed by atoms with Crippen molar-refractivity contribution < 1.29 is 9.53 Å². The van der Waals surface area contributed by atoms with Gasteiger partial charge in [0.1, 0.15) is 5.56 Å². The van der Waals surface area contributed by atoms with Gasteiger partial charge >= 0.3 is 0 Å². The molecule has 2 aliphatic rings. The third-order valence-corrected chi connectivity index (χ3v) is 4.69. The number of methoxy groups -OCH3 is 1. The van der Waals surface area contributed by atoms with E-state index in [1.807, 2.05) is 11.8 Å². The highest BCUT2D eigenvalue weighted by atomic mass is 16.5. The molecule has 2 unspecified atom stereocenters. The van der Waals surface area contributed by atoms with Crippen LogP contribution in [0.5, 0.6) is 5.88 Å². The molecule has 1 aromatic rings. The molecule has 2 aliphatic heterocycles. The molecule has 0 aromatic carbocycles. The monoisotopic (exact) mass is 289 g/mol. The van der Waals surface area contributed by atoms with Gasteiger partial charge in [0, 0.05) is 30.9 Å². The number of ether oxygens (including phenoxy) is 1. The van der Waals surface area contributed by atoms with Crippen molar-refractivity contribution in [3.8, 4) is 5.88 Å². The van der Waals surface area contributed by atoms with Crippen LogP contribution in [0, 0.1) is 0 Å². The molecule has 5 heteroatoms. The van der Waals surface area contributed by atoms with Crippen LogP contribution in [-0.4, -0.2) is 47.6 Å². The fourth-order valence-corrected chi connectivity index (χ4v) is 3.72. The zero-order valence-electron chi connectivity index (χ0n) is 12.7. The van der Waals surface area contributed by atoms with Gasteiger partial charge < -0.3 is 15.0 Å². The summed E-state index contributed by atoms with van der Waals surface area (Å²) in [5.41, 5.74) is 0.563. The van der Waals surface area contributed by atoms with Gasteiger partial charge in [-0.1, -0.05) is 0 Å². The molecule has 114 valence electrons. The van der Waals surface area contributed by atoms with E-state index in [1.165, 1.54) is 12.8 Å². The van der Waals surface area contributed by atoms with Gasteiger partial charge in [0.05, 0.1) is 7.11 Å². The van der Waals surface area contributed by atoms with Gasteiger partial charge in [-0.25, -0.2) is 4.98 Å². The number of piperidine rings is 1. The highest BCUT2D eigenvalue weighted by Crippen LogP contribution is 2.31. The molecule has 3 heterocycles. The lowest BCUT2D eigenvalue weighted by molar-refractivity contribution is 0.0627. The molecule has 21 heavy (non-hydrogen) atoms. The Kier molecular flexibility index (Phi) is 4.10. The van der Waals surface area contributed by atoms with Gasteiger partial charge in [0.2, 0.25) is 5.88 Å². The van der Waals surface area contributed by atoms with E-state index in [0.29, 0.717) is 29.6 Å². The van der Waals surface area contributed by atoms with Crippen molar-refractivity contribution in [3.63, 3.8) is 0 Å². The molecule has 5 nitrogen and oxygen atoms in total. The molecule has 2 bridgehead atoms. The first kappa shape index (κ1) is 14.3. The summed E-state index contributed by atoms with van der Waals surface area (Å²) in [6.07, 6.45) is 6.24. The van der Waals surface area contributed by atoms with Crippen LogP contribution in [0.3, 0.4) is 0 Å². The Morgan fingerprint density at radius 2 is 2.14 bits per heavy atom. The molecule has 0 radical (unpaired) electrons. The number of pyridine rings is 1. The Hall–Kier alpha value is -1.62.